The second kappa shape index (κ2) is 7.53. The Bertz CT molecular complexity index is 522. The molecule has 0 aliphatic heterocycles. The number of aromatic nitrogens is 1. The van der Waals surface area contributed by atoms with Crippen LogP contribution < -0.4 is 11.3 Å². The first kappa shape index (κ1) is 15.2. The van der Waals surface area contributed by atoms with Gasteiger partial charge in [-0.1, -0.05) is 41.1 Å². The fraction of sp³-hybridized carbons (Fsp3) is 0.312. The molecule has 0 aliphatic rings. The van der Waals surface area contributed by atoms with E-state index >= 15 is 0 Å². The summed E-state index contributed by atoms with van der Waals surface area (Å²) in [6.07, 6.45) is 4.69. The second-order valence-electron chi connectivity index (χ2n) is 4.91. The summed E-state index contributed by atoms with van der Waals surface area (Å²) in [6.45, 7) is 2.13. The van der Waals surface area contributed by atoms with Gasteiger partial charge in [-0.25, -0.2) is 0 Å². The molecular weight excluding hydrogens is 314 g/mol. The molecule has 0 saturated carbocycles. The van der Waals surface area contributed by atoms with Crippen molar-refractivity contribution in [1.29, 1.82) is 0 Å². The number of nitrogens with one attached hydrogen (secondary N) is 1. The van der Waals surface area contributed by atoms with E-state index in [1.54, 1.807) is 0 Å². The Morgan fingerprint density at radius 2 is 1.80 bits per heavy atom. The molecule has 0 spiro atoms. The summed E-state index contributed by atoms with van der Waals surface area (Å²) in [5.41, 5.74) is 6.49. The van der Waals surface area contributed by atoms with Crippen LogP contribution >= 0.6 is 15.9 Å². The fourth-order valence-electron chi connectivity index (χ4n) is 2.13. The Hall–Kier alpha value is -1.23. The molecule has 1 aromatic carbocycles. The zero-order valence-corrected chi connectivity index (χ0v) is 13.2. The molecule has 20 heavy (non-hydrogen) atoms. The van der Waals surface area contributed by atoms with E-state index in [9.17, 15) is 0 Å². The van der Waals surface area contributed by atoms with E-state index < -0.39 is 0 Å². The van der Waals surface area contributed by atoms with Gasteiger partial charge in [-0.15, -0.1) is 0 Å². The fourth-order valence-corrected chi connectivity index (χ4v) is 2.40. The maximum atomic E-state index is 5.67. The molecule has 1 atom stereocenters. The number of pyridine rings is 1. The molecule has 0 fully saturated rings. The standard InChI is InChI=1S/C16H20BrN3/c1-2-12-5-8-15(19-11-12)10-16(20-18)9-13-3-6-14(17)7-4-13/h3-8,11,16,20H,2,9-10,18H2,1H3. The minimum absolute atomic E-state index is 0.191. The predicted octanol–water partition coefficient (Wildman–Crippen LogP) is 3.02. The first-order chi connectivity index (χ1) is 9.71. The number of hydrogen-bond donors (Lipinski definition) is 2. The third kappa shape index (κ3) is 4.40. The average Bonchev–Trinajstić information content (AvgIpc) is 2.49. The Morgan fingerprint density at radius 3 is 2.35 bits per heavy atom. The maximum absolute atomic E-state index is 5.67. The van der Waals surface area contributed by atoms with Gasteiger partial charge in [0.05, 0.1) is 0 Å². The maximum Gasteiger partial charge on any atom is 0.0419 e. The van der Waals surface area contributed by atoms with Gasteiger partial charge in [0.1, 0.15) is 0 Å². The van der Waals surface area contributed by atoms with Gasteiger partial charge >= 0.3 is 0 Å². The van der Waals surface area contributed by atoms with Crippen molar-refractivity contribution >= 4 is 15.9 Å². The smallest absolute Gasteiger partial charge is 0.0419 e. The average molecular weight is 334 g/mol. The van der Waals surface area contributed by atoms with Crippen LogP contribution in [0.25, 0.3) is 0 Å². The quantitative estimate of drug-likeness (QED) is 0.631. The molecule has 1 aromatic heterocycles. The highest BCUT2D eigenvalue weighted by Crippen LogP contribution is 2.13. The van der Waals surface area contributed by atoms with E-state index in [0.29, 0.717) is 0 Å². The number of rotatable bonds is 6. The van der Waals surface area contributed by atoms with Crippen LogP contribution in [-0.2, 0) is 19.3 Å². The number of nitrogens with two attached hydrogens (primary N) is 1. The van der Waals surface area contributed by atoms with Gasteiger partial charge in [-0.05, 0) is 42.2 Å². The van der Waals surface area contributed by atoms with E-state index in [1.165, 1.54) is 11.1 Å². The van der Waals surface area contributed by atoms with E-state index in [-0.39, 0.29) is 6.04 Å². The van der Waals surface area contributed by atoms with Gasteiger partial charge in [-0.2, -0.15) is 0 Å². The van der Waals surface area contributed by atoms with Crippen LogP contribution in [0.5, 0.6) is 0 Å². The van der Waals surface area contributed by atoms with Crippen LogP contribution in [0.15, 0.2) is 47.1 Å². The highest BCUT2D eigenvalue weighted by Gasteiger charge is 2.09. The van der Waals surface area contributed by atoms with Crippen LogP contribution in [0, 0.1) is 0 Å². The monoisotopic (exact) mass is 333 g/mol. The highest BCUT2D eigenvalue weighted by atomic mass is 79.9. The molecule has 3 nitrogen and oxygen atoms in total. The Labute approximate surface area is 128 Å². The first-order valence-corrected chi connectivity index (χ1v) is 7.65. The van der Waals surface area contributed by atoms with E-state index in [4.69, 9.17) is 5.84 Å². The second-order valence-corrected chi connectivity index (χ2v) is 5.83. The van der Waals surface area contributed by atoms with Gasteiger partial charge in [-0.3, -0.25) is 16.3 Å². The number of aryl methyl sites for hydroxylation is 1. The Balaban J connectivity index is 1.99. The third-order valence-electron chi connectivity index (χ3n) is 3.38. The van der Waals surface area contributed by atoms with Crippen LogP contribution in [0.1, 0.15) is 23.7 Å². The van der Waals surface area contributed by atoms with Crippen molar-refractivity contribution in [3.8, 4) is 0 Å². The van der Waals surface area contributed by atoms with E-state index in [2.05, 4.69) is 69.7 Å². The molecule has 0 saturated heterocycles. The van der Waals surface area contributed by atoms with Gasteiger partial charge < -0.3 is 0 Å². The molecule has 0 bridgehead atoms. The first-order valence-electron chi connectivity index (χ1n) is 6.85. The van der Waals surface area contributed by atoms with Gasteiger partial charge in [0.2, 0.25) is 0 Å². The Kier molecular flexibility index (Phi) is 5.71. The molecule has 3 N–H and O–H groups in total. The van der Waals surface area contributed by atoms with Crippen molar-refractivity contribution in [2.75, 3.05) is 0 Å². The normalized spacial score (nSPS) is 12.3. The molecule has 2 rings (SSSR count). The van der Waals surface area contributed by atoms with Gasteiger partial charge in [0.25, 0.3) is 0 Å². The molecule has 0 aliphatic carbocycles. The van der Waals surface area contributed by atoms with E-state index in [0.717, 1.165) is 29.4 Å². The van der Waals surface area contributed by atoms with Crippen molar-refractivity contribution in [2.24, 2.45) is 5.84 Å². The molecule has 1 unspecified atom stereocenters. The van der Waals surface area contributed by atoms with Crippen LogP contribution in [0.3, 0.4) is 0 Å². The summed E-state index contributed by atoms with van der Waals surface area (Å²) in [7, 11) is 0. The lowest BCUT2D eigenvalue weighted by atomic mass is 10.0. The minimum Gasteiger partial charge on any atom is -0.271 e. The van der Waals surface area contributed by atoms with Crippen molar-refractivity contribution in [3.63, 3.8) is 0 Å². The topological polar surface area (TPSA) is 50.9 Å². The predicted molar refractivity (Wildman–Crippen MR) is 86.3 cm³/mol. The molecule has 4 heteroatoms. The van der Waals surface area contributed by atoms with Crippen molar-refractivity contribution in [2.45, 2.75) is 32.2 Å². The van der Waals surface area contributed by atoms with Crippen molar-refractivity contribution in [3.05, 3.63) is 63.9 Å². The van der Waals surface area contributed by atoms with Crippen LogP contribution in [0.2, 0.25) is 0 Å². The molecular formula is C16H20BrN3. The van der Waals surface area contributed by atoms with E-state index in [1.807, 2.05) is 6.20 Å². The SMILES string of the molecule is CCc1ccc(CC(Cc2ccc(Br)cc2)NN)nc1. The summed E-state index contributed by atoms with van der Waals surface area (Å²) in [6, 6.07) is 12.7. The lowest BCUT2D eigenvalue weighted by Gasteiger charge is -2.15. The molecule has 2 aromatic rings. The zero-order valence-electron chi connectivity index (χ0n) is 11.6. The lowest BCUT2D eigenvalue weighted by molar-refractivity contribution is 0.517. The number of benzene rings is 1. The molecule has 0 amide bonds. The van der Waals surface area contributed by atoms with Crippen LogP contribution in [0.4, 0.5) is 0 Å². The van der Waals surface area contributed by atoms with Crippen molar-refractivity contribution in [1.82, 2.24) is 10.4 Å². The summed E-state index contributed by atoms with van der Waals surface area (Å²) in [4.78, 5) is 4.49. The summed E-state index contributed by atoms with van der Waals surface area (Å²) < 4.78 is 1.09. The lowest BCUT2D eigenvalue weighted by Crippen LogP contribution is -2.38. The van der Waals surface area contributed by atoms with Crippen molar-refractivity contribution < 1.29 is 0 Å². The number of halogens is 1. The summed E-state index contributed by atoms with van der Waals surface area (Å²) in [5, 5.41) is 0. The highest BCUT2D eigenvalue weighted by molar-refractivity contribution is 9.10. The number of hydrogen-bond acceptors (Lipinski definition) is 3. The summed E-state index contributed by atoms with van der Waals surface area (Å²) in [5.74, 6) is 5.67. The molecule has 1 heterocycles. The van der Waals surface area contributed by atoms with Crippen LogP contribution in [-0.4, -0.2) is 11.0 Å². The zero-order chi connectivity index (χ0) is 14.4. The Morgan fingerprint density at radius 1 is 1.10 bits per heavy atom. The van der Waals surface area contributed by atoms with Gasteiger partial charge in [0, 0.05) is 28.8 Å². The number of hydrazine groups is 1. The van der Waals surface area contributed by atoms with Gasteiger partial charge in [0.15, 0.2) is 0 Å². The minimum atomic E-state index is 0.191. The summed E-state index contributed by atoms with van der Waals surface area (Å²) >= 11 is 3.45. The molecule has 0 radical (unpaired) electrons. The third-order valence-corrected chi connectivity index (χ3v) is 3.91. The largest absolute Gasteiger partial charge is 0.271 e. The number of nitrogens with zero attached hydrogens (tertiary/aromatic N) is 1. The molecule has 106 valence electrons.